The van der Waals surface area contributed by atoms with E-state index in [4.69, 9.17) is 14.6 Å². The molecule has 0 aromatic carbocycles. The molecule has 0 aromatic rings. The van der Waals surface area contributed by atoms with Crippen molar-refractivity contribution in [1.82, 2.24) is 10.6 Å². The molecule has 1 fully saturated rings. The van der Waals surface area contributed by atoms with Crippen LogP contribution < -0.4 is 10.6 Å². The van der Waals surface area contributed by atoms with Crippen LogP contribution in [0.4, 0.5) is 0 Å². The van der Waals surface area contributed by atoms with Gasteiger partial charge >= 0.3 is 5.97 Å². The van der Waals surface area contributed by atoms with Gasteiger partial charge < -0.3 is 20.5 Å². The first-order chi connectivity index (χ1) is 10.1. The van der Waals surface area contributed by atoms with Gasteiger partial charge in [0.15, 0.2) is 0 Å². The van der Waals surface area contributed by atoms with Gasteiger partial charge in [-0.2, -0.15) is 0 Å². The third-order valence-corrected chi connectivity index (χ3v) is 3.05. The number of carboxylic acid groups (broad SMARTS) is 1. The van der Waals surface area contributed by atoms with E-state index in [0.717, 1.165) is 25.7 Å². The van der Waals surface area contributed by atoms with E-state index in [-0.39, 0.29) is 18.6 Å². The Balaban J connectivity index is 0.000000885. The van der Waals surface area contributed by atoms with Gasteiger partial charge in [-0.05, 0) is 12.8 Å². The number of nitrogens with one attached hydrogen (secondary N) is 2. The molecule has 3 N–H and O–H groups in total. The summed E-state index contributed by atoms with van der Waals surface area (Å²) in [7, 11) is 1.56. The number of rotatable bonds is 6. The lowest BCUT2D eigenvalue weighted by Crippen LogP contribution is -2.37. The standard InChI is InChI=1S/C12H21NO4.C2H5NO/c14-11(8-17-9-12(15)16)13-10-6-4-2-1-3-5-7-10;1-3-2-4/h10H,1-9H2,(H,13,14)(H,15,16);2H,1H3,(H,3,4). The fourth-order valence-corrected chi connectivity index (χ4v) is 2.10. The van der Waals surface area contributed by atoms with Crippen molar-refractivity contribution in [3.63, 3.8) is 0 Å². The highest BCUT2D eigenvalue weighted by atomic mass is 16.5. The predicted octanol–water partition coefficient (Wildman–Crippen LogP) is 0.679. The van der Waals surface area contributed by atoms with Crippen molar-refractivity contribution in [3.05, 3.63) is 0 Å². The van der Waals surface area contributed by atoms with Gasteiger partial charge in [0.05, 0.1) is 0 Å². The number of amides is 2. The maximum absolute atomic E-state index is 11.5. The zero-order chi connectivity index (χ0) is 15.9. The van der Waals surface area contributed by atoms with Crippen LogP contribution in [0.3, 0.4) is 0 Å². The molecule has 1 rings (SSSR count). The topological polar surface area (TPSA) is 105 Å². The molecule has 0 unspecified atom stereocenters. The highest BCUT2D eigenvalue weighted by Gasteiger charge is 2.14. The molecule has 1 aliphatic carbocycles. The summed E-state index contributed by atoms with van der Waals surface area (Å²) in [6.07, 6.45) is 8.74. The summed E-state index contributed by atoms with van der Waals surface area (Å²) in [6, 6.07) is 0.233. The van der Waals surface area contributed by atoms with Crippen molar-refractivity contribution in [3.8, 4) is 0 Å². The first-order valence-corrected chi connectivity index (χ1v) is 7.30. The van der Waals surface area contributed by atoms with Crippen LogP contribution in [-0.2, 0) is 19.1 Å². The molecule has 0 saturated heterocycles. The van der Waals surface area contributed by atoms with Crippen molar-refractivity contribution in [2.24, 2.45) is 0 Å². The SMILES string of the molecule is CNC=O.O=C(O)COCC(=O)NC1CCCCCCC1. The molecule has 2 amide bonds. The van der Waals surface area contributed by atoms with Crippen LogP contribution >= 0.6 is 0 Å². The van der Waals surface area contributed by atoms with Crippen LogP contribution in [0.1, 0.15) is 44.9 Å². The average molecular weight is 302 g/mol. The summed E-state index contributed by atoms with van der Waals surface area (Å²) >= 11 is 0. The third-order valence-electron chi connectivity index (χ3n) is 3.05. The Morgan fingerprint density at radius 1 is 1.14 bits per heavy atom. The molecule has 0 spiro atoms. The van der Waals surface area contributed by atoms with Crippen LogP contribution in [0.25, 0.3) is 0 Å². The van der Waals surface area contributed by atoms with Crippen molar-refractivity contribution in [1.29, 1.82) is 0 Å². The molecule has 0 heterocycles. The molecule has 21 heavy (non-hydrogen) atoms. The molecule has 1 aliphatic rings. The van der Waals surface area contributed by atoms with E-state index in [1.807, 2.05) is 0 Å². The summed E-state index contributed by atoms with van der Waals surface area (Å²) < 4.78 is 4.74. The molecular formula is C14H26N2O5. The van der Waals surface area contributed by atoms with Crippen molar-refractivity contribution in [2.45, 2.75) is 51.0 Å². The average Bonchev–Trinajstić information content (AvgIpc) is 2.41. The lowest BCUT2D eigenvalue weighted by atomic mass is 9.97. The quantitative estimate of drug-likeness (QED) is 0.626. The second kappa shape index (κ2) is 13.4. The van der Waals surface area contributed by atoms with Crippen LogP contribution in [0.5, 0.6) is 0 Å². The molecule has 0 bridgehead atoms. The number of carbonyl (C=O) groups excluding carboxylic acids is 2. The molecule has 7 heteroatoms. The zero-order valence-corrected chi connectivity index (χ0v) is 12.6. The molecule has 0 atom stereocenters. The number of carbonyl (C=O) groups is 3. The van der Waals surface area contributed by atoms with E-state index in [0.29, 0.717) is 6.41 Å². The van der Waals surface area contributed by atoms with Gasteiger partial charge in [0.25, 0.3) is 0 Å². The zero-order valence-electron chi connectivity index (χ0n) is 12.6. The highest BCUT2D eigenvalue weighted by molar-refractivity contribution is 5.78. The smallest absolute Gasteiger partial charge is 0.329 e. The Morgan fingerprint density at radius 2 is 1.67 bits per heavy atom. The van der Waals surface area contributed by atoms with E-state index < -0.39 is 12.6 Å². The van der Waals surface area contributed by atoms with E-state index in [1.165, 1.54) is 19.3 Å². The third kappa shape index (κ3) is 13.1. The Morgan fingerprint density at radius 3 is 2.14 bits per heavy atom. The van der Waals surface area contributed by atoms with E-state index in [2.05, 4.69) is 10.6 Å². The second-order valence-corrected chi connectivity index (χ2v) is 4.90. The van der Waals surface area contributed by atoms with E-state index >= 15 is 0 Å². The normalized spacial score (nSPS) is 15.7. The fraction of sp³-hybridized carbons (Fsp3) is 0.786. The monoisotopic (exact) mass is 302 g/mol. The molecular weight excluding hydrogens is 276 g/mol. The molecule has 1 saturated carbocycles. The lowest BCUT2D eigenvalue weighted by Gasteiger charge is -2.20. The second-order valence-electron chi connectivity index (χ2n) is 4.90. The van der Waals surface area contributed by atoms with Gasteiger partial charge in [0, 0.05) is 13.1 Å². The van der Waals surface area contributed by atoms with Crippen molar-refractivity contribution >= 4 is 18.3 Å². The molecule has 0 aromatic heterocycles. The van der Waals surface area contributed by atoms with Gasteiger partial charge in [-0.15, -0.1) is 0 Å². The van der Waals surface area contributed by atoms with Crippen LogP contribution in [0, 0.1) is 0 Å². The molecule has 0 aliphatic heterocycles. The van der Waals surface area contributed by atoms with E-state index in [9.17, 15) is 9.59 Å². The summed E-state index contributed by atoms with van der Waals surface area (Å²) in [5.74, 6) is -1.26. The van der Waals surface area contributed by atoms with Crippen LogP contribution in [0.15, 0.2) is 0 Å². The van der Waals surface area contributed by atoms with Crippen LogP contribution in [0.2, 0.25) is 0 Å². The van der Waals surface area contributed by atoms with E-state index in [1.54, 1.807) is 7.05 Å². The van der Waals surface area contributed by atoms with Gasteiger partial charge in [0.1, 0.15) is 13.2 Å². The number of hydrogen-bond donors (Lipinski definition) is 3. The van der Waals surface area contributed by atoms with Crippen LogP contribution in [-0.4, -0.2) is 49.7 Å². The van der Waals surface area contributed by atoms with Gasteiger partial charge in [0.2, 0.25) is 12.3 Å². The molecule has 122 valence electrons. The Kier molecular flexibility index (Phi) is 12.3. The van der Waals surface area contributed by atoms with Crippen molar-refractivity contribution < 1.29 is 24.2 Å². The molecule has 0 radical (unpaired) electrons. The first kappa shape index (κ1) is 19.4. The minimum Gasteiger partial charge on any atom is -0.480 e. The maximum Gasteiger partial charge on any atom is 0.329 e. The Hall–Kier alpha value is -1.63. The van der Waals surface area contributed by atoms with Gasteiger partial charge in [-0.3, -0.25) is 9.59 Å². The number of carboxylic acids is 1. The first-order valence-electron chi connectivity index (χ1n) is 7.30. The Bertz CT molecular complexity index is 302. The number of aliphatic carboxylic acids is 1. The maximum atomic E-state index is 11.5. The Labute approximate surface area is 125 Å². The molecule has 7 nitrogen and oxygen atoms in total. The summed E-state index contributed by atoms with van der Waals surface area (Å²) in [5, 5.41) is 13.5. The minimum atomic E-state index is -1.05. The summed E-state index contributed by atoms with van der Waals surface area (Å²) in [4.78, 5) is 30.7. The predicted molar refractivity (Wildman–Crippen MR) is 77.8 cm³/mol. The number of ether oxygens (including phenoxy) is 1. The van der Waals surface area contributed by atoms with Crippen molar-refractivity contribution in [2.75, 3.05) is 20.3 Å². The number of hydrogen-bond acceptors (Lipinski definition) is 4. The minimum absolute atomic E-state index is 0.164. The van der Waals surface area contributed by atoms with Gasteiger partial charge in [-0.1, -0.05) is 32.1 Å². The largest absolute Gasteiger partial charge is 0.480 e. The summed E-state index contributed by atoms with van der Waals surface area (Å²) in [6.45, 7) is -0.582. The lowest BCUT2D eigenvalue weighted by molar-refractivity contribution is -0.143. The fourth-order valence-electron chi connectivity index (χ4n) is 2.10. The van der Waals surface area contributed by atoms with Gasteiger partial charge in [-0.25, -0.2) is 4.79 Å². The highest BCUT2D eigenvalue weighted by Crippen LogP contribution is 2.16. The summed E-state index contributed by atoms with van der Waals surface area (Å²) in [5.41, 5.74) is 0.